The molecule has 0 fully saturated rings. The summed E-state index contributed by atoms with van der Waals surface area (Å²) in [5, 5.41) is 10.4. The Kier molecular flexibility index (Phi) is 4.65. The molecule has 2 aromatic heterocycles. The first-order valence-electron chi connectivity index (χ1n) is 6.32. The maximum Gasteiger partial charge on any atom is 0.0968 e. The lowest BCUT2D eigenvalue weighted by atomic mass is 10.1. The fraction of sp³-hybridized carbons (Fsp3) is 0.133. The van der Waals surface area contributed by atoms with Crippen LogP contribution in [0.3, 0.4) is 0 Å². The van der Waals surface area contributed by atoms with Crippen molar-refractivity contribution in [2.45, 2.75) is 5.75 Å². The van der Waals surface area contributed by atoms with Gasteiger partial charge in [0.2, 0.25) is 0 Å². The van der Waals surface area contributed by atoms with Crippen LogP contribution in [0.1, 0.15) is 5.56 Å². The van der Waals surface area contributed by atoms with Crippen molar-refractivity contribution in [1.82, 2.24) is 10.2 Å². The van der Waals surface area contributed by atoms with Gasteiger partial charge in [-0.15, -0.1) is 11.3 Å². The monoisotopic (exact) mass is 336 g/mol. The number of aromatic amines is 1. The Morgan fingerprint density at radius 3 is 2.76 bits per heavy atom. The molecule has 0 saturated carbocycles. The molecule has 2 heterocycles. The van der Waals surface area contributed by atoms with E-state index >= 15 is 0 Å². The van der Waals surface area contributed by atoms with Gasteiger partial charge in [0.05, 0.1) is 23.4 Å². The highest BCUT2D eigenvalue weighted by Crippen LogP contribution is 2.35. The predicted molar refractivity (Wildman–Crippen MR) is 90.7 cm³/mol. The lowest BCUT2D eigenvalue weighted by Gasteiger charge is -2.04. The predicted octanol–water partition coefficient (Wildman–Crippen LogP) is 5.25. The first-order valence-corrected chi connectivity index (χ1v) is 8.49. The average molecular weight is 337 g/mol. The van der Waals surface area contributed by atoms with E-state index in [1.807, 2.05) is 30.3 Å². The zero-order valence-corrected chi connectivity index (χ0v) is 13.7. The molecule has 0 radical (unpaired) electrons. The number of thiophene rings is 1. The molecule has 1 aromatic carbocycles. The van der Waals surface area contributed by atoms with E-state index in [1.54, 1.807) is 18.4 Å². The molecule has 0 unspecified atom stereocenters. The molecule has 0 aliphatic carbocycles. The van der Waals surface area contributed by atoms with Gasteiger partial charge in [-0.3, -0.25) is 5.10 Å². The summed E-state index contributed by atoms with van der Waals surface area (Å²) < 4.78 is 5.15. The standard InChI is InChI=1S/C15H13ClN2OS2/c1-19-21-9-12-14(10-4-6-11(16)7-5-10)17-18-15(12)13-3-2-8-20-13/h2-8H,9H2,1H3,(H,17,18). The molecule has 3 rings (SSSR count). The van der Waals surface area contributed by atoms with Crippen molar-refractivity contribution in [2.24, 2.45) is 0 Å². The third-order valence-corrected chi connectivity index (χ3v) is 4.86. The van der Waals surface area contributed by atoms with E-state index in [2.05, 4.69) is 21.6 Å². The molecule has 0 spiro atoms. The lowest BCUT2D eigenvalue weighted by molar-refractivity contribution is 0.489. The van der Waals surface area contributed by atoms with Crippen LogP contribution < -0.4 is 0 Å². The molecule has 108 valence electrons. The summed E-state index contributed by atoms with van der Waals surface area (Å²) in [5.74, 6) is 0.734. The molecule has 1 N–H and O–H groups in total. The number of hydrogen-bond acceptors (Lipinski definition) is 4. The highest BCUT2D eigenvalue weighted by atomic mass is 35.5. The summed E-state index contributed by atoms with van der Waals surface area (Å²) in [7, 11) is 1.68. The van der Waals surface area contributed by atoms with Crippen LogP contribution >= 0.6 is 35.0 Å². The lowest BCUT2D eigenvalue weighted by Crippen LogP contribution is -1.87. The molecule has 0 saturated heterocycles. The normalized spacial score (nSPS) is 11.0. The molecule has 0 amide bonds. The fourth-order valence-electron chi connectivity index (χ4n) is 2.09. The number of aromatic nitrogens is 2. The largest absolute Gasteiger partial charge is 0.318 e. The zero-order chi connectivity index (χ0) is 14.7. The molecular weight excluding hydrogens is 324 g/mol. The van der Waals surface area contributed by atoms with E-state index in [1.165, 1.54) is 16.9 Å². The SMILES string of the molecule is COSCc1c(-c2ccc(Cl)cc2)n[nH]c1-c1cccs1. The summed E-state index contributed by atoms with van der Waals surface area (Å²) in [6.45, 7) is 0. The minimum Gasteiger partial charge on any atom is -0.318 e. The minimum absolute atomic E-state index is 0.723. The van der Waals surface area contributed by atoms with Gasteiger partial charge >= 0.3 is 0 Å². The van der Waals surface area contributed by atoms with Gasteiger partial charge in [0.15, 0.2) is 0 Å². The number of halogens is 1. The van der Waals surface area contributed by atoms with E-state index in [9.17, 15) is 0 Å². The average Bonchev–Trinajstić information content (AvgIpc) is 3.15. The highest BCUT2D eigenvalue weighted by molar-refractivity contribution is 7.93. The number of H-pyrrole nitrogens is 1. The smallest absolute Gasteiger partial charge is 0.0968 e. The third kappa shape index (κ3) is 3.16. The zero-order valence-electron chi connectivity index (χ0n) is 11.3. The van der Waals surface area contributed by atoms with Gasteiger partial charge in [0.1, 0.15) is 0 Å². The molecule has 0 atom stereocenters. The minimum atomic E-state index is 0.723. The highest BCUT2D eigenvalue weighted by Gasteiger charge is 2.17. The molecular formula is C15H13ClN2OS2. The first kappa shape index (κ1) is 14.7. The number of rotatable bonds is 5. The summed E-state index contributed by atoms with van der Waals surface area (Å²) in [6.07, 6.45) is 0. The molecule has 0 aliphatic rings. The Labute approximate surface area is 136 Å². The Balaban J connectivity index is 2.05. The fourth-order valence-corrected chi connectivity index (χ4v) is 3.49. The summed E-state index contributed by atoms with van der Waals surface area (Å²) in [4.78, 5) is 1.18. The van der Waals surface area contributed by atoms with Crippen molar-refractivity contribution in [3.63, 3.8) is 0 Å². The van der Waals surface area contributed by atoms with Gasteiger partial charge < -0.3 is 4.18 Å². The number of hydrogen-bond donors (Lipinski definition) is 1. The quantitative estimate of drug-likeness (QED) is 0.646. The maximum atomic E-state index is 5.96. The van der Waals surface area contributed by atoms with Crippen molar-refractivity contribution in [1.29, 1.82) is 0 Å². The van der Waals surface area contributed by atoms with Crippen LogP contribution in [0.4, 0.5) is 0 Å². The number of nitrogens with one attached hydrogen (secondary N) is 1. The van der Waals surface area contributed by atoms with Gasteiger partial charge in [0.25, 0.3) is 0 Å². The van der Waals surface area contributed by atoms with Crippen molar-refractivity contribution in [3.8, 4) is 21.8 Å². The summed E-state index contributed by atoms with van der Waals surface area (Å²) in [6, 6.07) is 11.9. The Morgan fingerprint density at radius 2 is 2.10 bits per heavy atom. The maximum absolute atomic E-state index is 5.96. The first-order chi connectivity index (χ1) is 10.3. The van der Waals surface area contributed by atoms with Crippen LogP contribution in [0.15, 0.2) is 41.8 Å². The topological polar surface area (TPSA) is 37.9 Å². The second-order valence-electron chi connectivity index (χ2n) is 4.34. The number of nitrogens with zero attached hydrogens (tertiary/aromatic N) is 1. The van der Waals surface area contributed by atoms with Crippen LogP contribution in [-0.4, -0.2) is 17.3 Å². The molecule has 3 aromatic rings. The Hall–Kier alpha value is -1.27. The molecule has 0 bridgehead atoms. The van der Waals surface area contributed by atoms with E-state index in [-0.39, 0.29) is 0 Å². The van der Waals surface area contributed by atoms with Gasteiger partial charge in [-0.05, 0) is 35.6 Å². The second-order valence-corrected chi connectivity index (χ2v) is 6.58. The van der Waals surface area contributed by atoms with Gasteiger partial charge in [-0.1, -0.05) is 29.8 Å². The van der Waals surface area contributed by atoms with Crippen molar-refractivity contribution < 1.29 is 4.18 Å². The van der Waals surface area contributed by atoms with Crippen LogP contribution in [-0.2, 0) is 9.94 Å². The van der Waals surface area contributed by atoms with Gasteiger partial charge in [-0.25, -0.2) is 0 Å². The van der Waals surface area contributed by atoms with Crippen molar-refractivity contribution in [3.05, 3.63) is 52.4 Å². The number of benzene rings is 1. The summed E-state index contributed by atoms with van der Waals surface area (Å²) in [5.41, 5.74) is 4.19. The van der Waals surface area contributed by atoms with Crippen LogP contribution in [0.2, 0.25) is 5.02 Å². The Morgan fingerprint density at radius 1 is 1.29 bits per heavy atom. The molecule has 0 aliphatic heterocycles. The van der Waals surface area contributed by atoms with E-state index in [0.29, 0.717) is 0 Å². The summed E-state index contributed by atoms with van der Waals surface area (Å²) >= 11 is 9.06. The second kappa shape index (κ2) is 6.66. The van der Waals surface area contributed by atoms with E-state index in [0.717, 1.165) is 33.3 Å². The van der Waals surface area contributed by atoms with Crippen molar-refractivity contribution >= 4 is 35.0 Å². The van der Waals surface area contributed by atoms with E-state index in [4.69, 9.17) is 15.8 Å². The third-order valence-electron chi connectivity index (χ3n) is 3.07. The van der Waals surface area contributed by atoms with Gasteiger partial charge in [0, 0.05) is 21.9 Å². The Bertz CT molecular complexity index is 708. The van der Waals surface area contributed by atoms with Crippen LogP contribution in [0, 0.1) is 0 Å². The van der Waals surface area contributed by atoms with Crippen molar-refractivity contribution in [2.75, 3.05) is 7.11 Å². The van der Waals surface area contributed by atoms with Crippen LogP contribution in [0.25, 0.3) is 21.8 Å². The molecule has 6 heteroatoms. The molecule has 3 nitrogen and oxygen atoms in total. The molecule has 21 heavy (non-hydrogen) atoms. The van der Waals surface area contributed by atoms with E-state index < -0.39 is 0 Å². The van der Waals surface area contributed by atoms with Crippen LogP contribution in [0.5, 0.6) is 0 Å². The van der Waals surface area contributed by atoms with Gasteiger partial charge in [-0.2, -0.15) is 5.10 Å².